The number of carbonyl (C=O) groups excluding carboxylic acids is 4. The zero-order valence-corrected chi connectivity index (χ0v) is 20.2. The molecule has 0 spiro atoms. The van der Waals surface area contributed by atoms with Crippen molar-refractivity contribution in [3.05, 3.63) is 28.2 Å². The standard InChI is InChI=1S/C23H25Cl2F2N3O5/c24-14-4-5-18(17(25)9-14)35-23(26,27)22(34)30-10-13-2-1-3-16(13)19(30)21(33)29-15(11-31)8-12-6-7-28-20(12)32/h4-5,9,11-13,15-16,19H,1-3,6-8,10H2,(H,28,32)(H,29,33)/t12-,13-,15-,16+,19?/m0/s1. The number of fused-ring (bicyclic) bond motifs is 1. The molecule has 190 valence electrons. The SMILES string of the molecule is O=C[C@H](C[C@@H]1CCNC1=O)NC(=O)C1[C@@H]2CCC[C@H]2CN1C(=O)C(F)(F)Oc1ccc(Cl)cc1Cl. The van der Waals surface area contributed by atoms with Crippen LogP contribution in [-0.2, 0) is 19.2 Å². The second-order valence-corrected chi connectivity index (χ2v) is 10.1. The maximum Gasteiger partial charge on any atom is 0.482 e. The average molecular weight is 532 g/mol. The summed E-state index contributed by atoms with van der Waals surface area (Å²) in [5.41, 5.74) is 0. The lowest BCUT2D eigenvalue weighted by Gasteiger charge is -2.30. The van der Waals surface area contributed by atoms with E-state index in [1.165, 1.54) is 12.1 Å². The van der Waals surface area contributed by atoms with Gasteiger partial charge in [-0.05, 0) is 55.7 Å². The fourth-order valence-corrected chi connectivity index (χ4v) is 5.80. The molecule has 35 heavy (non-hydrogen) atoms. The van der Waals surface area contributed by atoms with Crippen molar-refractivity contribution in [2.45, 2.75) is 50.3 Å². The highest BCUT2D eigenvalue weighted by atomic mass is 35.5. The van der Waals surface area contributed by atoms with Crippen LogP contribution in [0.4, 0.5) is 8.78 Å². The molecule has 2 saturated heterocycles. The molecule has 3 aliphatic rings. The lowest BCUT2D eigenvalue weighted by atomic mass is 9.92. The number of halogens is 4. The number of benzene rings is 1. The molecule has 4 rings (SSSR count). The third-order valence-electron chi connectivity index (χ3n) is 6.99. The number of nitrogens with zero attached hydrogens (tertiary/aromatic N) is 1. The van der Waals surface area contributed by atoms with E-state index in [0.717, 1.165) is 17.4 Å². The number of aldehydes is 1. The Balaban J connectivity index is 1.50. The van der Waals surface area contributed by atoms with E-state index in [2.05, 4.69) is 15.4 Å². The summed E-state index contributed by atoms with van der Waals surface area (Å²) in [5.74, 6) is -3.81. The lowest BCUT2D eigenvalue weighted by Crippen LogP contribution is -2.56. The van der Waals surface area contributed by atoms with E-state index in [1.807, 2.05) is 0 Å². The molecule has 2 heterocycles. The smallest absolute Gasteiger partial charge is 0.424 e. The molecule has 0 radical (unpaired) electrons. The summed E-state index contributed by atoms with van der Waals surface area (Å²) in [5, 5.41) is 5.25. The van der Waals surface area contributed by atoms with E-state index in [-0.39, 0.29) is 40.8 Å². The summed E-state index contributed by atoms with van der Waals surface area (Å²) < 4.78 is 34.6. The number of nitrogens with one attached hydrogen (secondary N) is 2. The predicted octanol–water partition coefficient (Wildman–Crippen LogP) is 2.80. The Hall–Kier alpha value is -2.46. The van der Waals surface area contributed by atoms with Crippen molar-refractivity contribution in [1.82, 2.24) is 15.5 Å². The van der Waals surface area contributed by atoms with Gasteiger partial charge in [-0.25, -0.2) is 0 Å². The lowest BCUT2D eigenvalue weighted by molar-refractivity contribution is -0.205. The molecular formula is C23H25Cl2F2N3O5. The maximum absolute atomic E-state index is 15.0. The Morgan fingerprint density at radius 1 is 1.29 bits per heavy atom. The summed E-state index contributed by atoms with van der Waals surface area (Å²) in [6, 6.07) is 1.48. The zero-order chi connectivity index (χ0) is 25.3. The predicted molar refractivity (Wildman–Crippen MR) is 122 cm³/mol. The van der Waals surface area contributed by atoms with Gasteiger partial charge in [0.1, 0.15) is 18.1 Å². The van der Waals surface area contributed by atoms with E-state index in [0.29, 0.717) is 32.1 Å². The molecule has 2 aliphatic heterocycles. The first kappa shape index (κ1) is 25.6. The van der Waals surface area contributed by atoms with Gasteiger partial charge >= 0.3 is 12.0 Å². The van der Waals surface area contributed by atoms with Crippen LogP contribution in [0.3, 0.4) is 0 Å². The molecule has 1 saturated carbocycles. The first-order chi connectivity index (χ1) is 16.6. The van der Waals surface area contributed by atoms with E-state index in [4.69, 9.17) is 23.2 Å². The third-order valence-corrected chi connectivity index (χ3v) is 7.52. The normalized spacial score (nSPS) is 26.7. The number of alkyl halides is 2. The number of ether oxygens (including phenoxy) is 1. The first-order valence-electron chi connectivity index (χ1n) is 11.5. The second kappa shape index (κ2) is 10.3. The maximum atomic E-state index is 15.0. The molecular weight excluding hydrogens is 507 g/mol. The minimum atomic E-state index is -4.29. The molecule has 2 N–H and O–H groups in total. The minimum absolute atomic E-state index is 0.0221. The van der Waals surface area contributed by atoms with Crippen molar-refractivity contribution < 1.29 is 32.7 Å². The minimum Gasteiger partial charge on any atom is -0.424 e. The van der Waals surface area contributed by atoms with Gasteiger partial charge in [-0.3, -0.25) is 14.4 Å². The highest BCUT2D eigenvalue weighted by Crippen LogP contribution is 2.44. The molecule has 1 unspecified atom stereocenters. The van der Waals surface area contributed by atoms with Gasteiger partial charge in [-0.1, -0.05) is 29.6 Å². The summed E-state index contributed by atoms with van der Waals surface area (Å²) >= 11 is 11.7. The molecule has 1 aliphatic carbocycles. The van der Waals surface area contributed by atoms with Crippen LogP contribution < -0.4 is 15.4 Å². The molecule has 12 heteroatoms. The molecule has 3 amide bonds. The van der Waals surface area contributed by atoms with Crippen LogP contribution >= 0.6 is 23.2 Å². The van der Waals surface area contributed by atoms with E-state index in [1.54, 1.807) is 0 Å². The van der Waals surface area contributed by atoms with Crippen molar-refractivity contribution in [2.24, 2.45) is 17.8 Å². The Bertz CT molecular complexity index is 1030. The van der Waals surface area contributed by atoms with E-state index in [9.17, 15) is 28.0 Å². The molecule has 1 aromatic carbocycles. The van der Waals surface area contributed by atoms with Crippen molar-refractivity contribution >= 4 is 47.2 Å². The highest BCUT2D eigenvalue weighted by molar-refractivity contribution is 6.35. The van der Waals surface area contributed by atoms with Crippen LogP contribution in [0.15, 0.2) is 18.2 Å². The average Bonchev–Trinajstić information content (AvgIpc) is 3.50. The van der Waals surface area contributed by atoms with Crippen LogP contribution in [0, 0.1) is 17.8 Å². The van der Waals surface area contributed by atoms with Crippen LogP contribution in [0.2, 0.25) is 10.0 Å². The molecule has 1 aromatic rings. The van der Waals surface area contributed by atoms with Gasteiger partial charge in [0.25, 0.3) is 0 Å². The van der Waals surface area contributed by atoms with Crippen LogP contribution in [0.1, 0.15) is 32.1 Å². The van der Waals surface area contributed by atoms with Gasteiger partial charge in [0.15, 0.2) is 0 Å². The third kappa shape index (κ3) is 5.38. The van der Waals surface area contributed by atoms with Gasteiger partial charge in [0.05, 0.1) is 11.1 Å². The number of amides is 3. The number of hydrogen-bond acceptors (Lipinski definition) is 5. The molecule has 3 fully saturated rings. The molecule has 5 atom stereocenters. The molecule has 8 nitrogen and oxygen atoms in total. The Morgan fingerprint density at radius 2 is 2.06 bits per heavy atom. The van der Waals surface area contributed by atoms with E-state index >= 15 is 0 Å². The second-order valence-electron chi connectivity index (χ2n) is 9.21. The molecule has 0 aromatic heterocycles. The number of rotatable bonds is 8. The van der Waals surface area contributed by atoms with Gasteiger partial charge < -0.3 is 25.1 Å². The summed E-state index contributed by atoms with van der Waals surface area (Å²) in [7, 11) is 0. The van der Waals surface area contributed by atoms with Crippen molar-refractivity contribution in [3.8, 4) is 5.75 Å². The summed E-state index contributed by atoms with van der Waals surface area (Å²) in [6.45, 7) is 0.468. The zero-order valence-electron chi connectivity index (χ0n) is 18.6. The Labute approximate surface area is 210 Å². The highest BCUT2D eigenvalue weighted by Gasteiger charge is 2.56. The van der Waals surface area contributed by atoms with E-state index < -0.39 is 41.7 Å². The van der Waals surface area contributed by atoms with Crippen LogP contribution in [0.5, 0.6) is 5.75 Å². The van der Waals surface area contributed by atoms with Crippen molar-refractivity contribution in [1.29, 1.82) is 0 Å². The topological polar surface area (TPSA) is 105 Å². The van der Waals surface area contributed by atoms with Gasteiger partial charge in [-0.2, -0.15) is 8.78 Å². The Morgan fingerprint density at radius 3 is 2.71 bits per heavy atom. The first-order valence-corrected chi connectivity index (χ1v) is 12.2. The largest absolute Gasteiger partial charge is 0.482 e. The fourth-order valence-electron chi connectivity index (χ4n) is 5.35. The number of hydrogen-bond donors (Lipinski definition) is 2. The van der Waals surface area contributed by atoms with Crippen molar-refractivity contribution in [3.63, 3.8) is 0 Å². The summed E-state index contributed by atoms with van der Waals surface area (Å²) in [6.07, 6.45) is -1.02. The summed E-state index contributed by atoms with van der Waals surface area (Å²) in [4.78, 5) is 50.5. The fraction of sp³-hybridized carbons (Fsp3) is 0.565. The number of carbonyl (C=O) groups is 4. The van der Waals surface area contributed by atoms with Gasteiger partial charge in [0.2, 0.25) is 11.8 Å². The Kier molecular flexibility index (Phi) is 7.51. The van der Waals surface area contributed by atoms with Crippen LogP contribution in [-0.4, -0.2) is 60.2 Å². The van der Waals surface area contributed by atoms with Crippen molar-refractivity contribution in [2.75, 3.05) is 13.1 Å². The monoisotopic (exact) mass is 531 g/mol. The van der Waals surface area contributed by atoms with Gasteiger partial charge in [-0.15, -0.1) is 0 Å². The van der Waals surface area contributed by atoms with Crippen LogP contribution in [0.25, 0.3) is 0 Å². The molecule has 0 bridgehead atoms. The number of likely N-dealkylation sites (tertiary alicyclic amines) is 1. The van der Waals surface area contributed by atoms with Gasteiger partial charge in [0, 0.05) is 24.0 Å². The quantitative estimate of drug-likeness (QED) is 0.502.